The molecule has 1 unspecified atom stereocenters. The average Bonchev–Trinajstić information content (AvgIpc) is 2.72. The summed E-state index contributed by atoms with van der Waals surface area (Å²) in [6.07, 6.45) is 5.44. The number of hydrogen-bond donors (Lipinski definition) is 2. The lowest BCUT2D eigenvalue weighted by Gasteiger charge is -2.46. The van der Waals surface area contributed by atoms with Crippen LogP contribution in [-0.4, -0.2) is 42.2 Å². The van der Waals surface area contributed by atoms with Gasteiger partial charge in [0.05, 0.1) is 0 Å². The van der Waals surface area contributed by atoms with Gasteiger partial charge in [-0.3, -0.25) is 9.69 Å². The van der Waals surface area contributed by atoms with Crippen molar-refractivity contribution in [2.45, 2.75) is 56.1 Å². The third-order valence-corrected chi connectivity index (χ3v) is 6.28. The van der Waals surface area contributed by atoms with Gasteiger partial charge in [-0.15, -0.1) is 12.4 Å². The molecule has 0 spiro atoms. The van der Waals surface area contributed by atoms with Crippen LogP contribution in [0.25, 0.3) is 0 Å². The maximum atomic E-state index is 11.8. The molecular weight excluding hydrogens is 384 g/mol. The highest BCUT2D eigenvalue weighted by Crippen LogP contribution is 2.41. The molecule has 158 valence electrons. The van der Waals surface area contributed by atoms with Crippen LogP contribution in [-0.2, 0) is 16.8 Å². The fourth-order valence-corrected chi connectivity index (χ4v) is 4.52. The summed E-state index contributed by atoms with van der Waals surface area (Å²) in [7, 11) is 4.31. The molecule has 0 heterocycles. The fourth-order valence-electron chi connectivity index (χ4n) is 4.52. The molecule has 3 rings (SSSR count). The van der Waals surface area contributed by atoms with E-state index in [1.807, 2.05) is 18.2 Å². The zero-order chi connectivity index (χ0) is 20.0. The van der Waals surface area contributed by atoms with Crippen LogP contribution in [0.4, 0.5) is 0 Å². The highest BCUT2D eigenvalue weighted by Gasteiger charge is 2.39. The van der Waals surface area contributed by atoms with Gasteiger partial charge in [-0.1, -0.05) is 60.7 Å². The lowest BCUT2D eigenvalue weighted by atomic mass is 9.74. The van der Waals surface area contributed by atoms with Gasteiger partial charge < -0.3 is 10.4 Å². The molecule has 29 heavy (non-hydrogen) atoms. The first kappa shape index (κ1) is 23.4. The predicted octanol–water partition coefficient (Wildman–Crippen LogP) is 4.48. The zero-order valence-corrected chi connectivity index (χ0v) is 18.2. The van der Waals surface area contributed by atoms with Crippen molar-refractivity contribution in [1.82, 2.24) is 10.2 Å². The molecule has 0 saturated heterocycles. The SMILES string of the molecule is CN(C)C1(c2ccccc2)CCC(NC(CCc2ccccc2)C(=O)O)CC1.Cl. The van der Waals surface area contributed by atoms with Crippen LogP contribution in [0.3, 0.4) is 0 Å². The first-order valence-corrected chi connectivity index (χ1v) is 10.3. The topological polar surface area (TPSA) is 52.6 Å². The maximum absolute atomic E-state index is 11.8. The number of aliphatic carboxylic acids is 1. The van der Waals surface area contributed by atoms with E-state index in [1.54, 1.807) is 0 Å². The van der Waals surface area contributed by atoms with Crippen LogP contribution in [0.15, 0.2) is 60.7 Å². The summed E-state index contributed by atoms with van der Waals surface area (Å²) in [5.41, 5.74) is 2.59. The normalized spacial score (nSPS) is 22.7. The van der Waals surface area contributed by atoms with Crippen LogP contribution in [0.2, 0.25) is 0 Å². The molecule has 2 N–H and O–H groups in total. The van der Waals surface area contributed by atoms with Gasteiger partial charge in [-0.25, -0.2) is 0 Å². The Labute approximate surface area is 180 Å². The molecule has 2 aromatic carbocycles. The minimum atomic E-state index is -0.747. The Bertz CT molecular complexity index is 744. The minimum Gasteiger partial charge on any atom is -0.480 e. The molecule has 0 bridgehead atoms. The molecule has 1 atom stereocenters. The molecule has 0 amide bonds. The second kappa shape index (κ2) is 10.8. The van der Waals surface area contributed by atoms with E-state index in [4.69, 9.17) is 0 Å². The third kappa shape index (κ3) is 5.81. The van der Waals surface area contributed by atoms with Crippen LogP contribution in [0.5, 0.6) is 0 Å². The third-order valence-electron chi connectivity index (χ3n) is 6.28. The first-order chi connectivity index (χ1) is 13.5. The van der Waals surface area contributed by atoms with Gasteiger partial charge in [0.1, 0.15) is 6.04 Å². The molecule has 1 aliphatic carbocycles. The van der Waals surface area contributed by atoms with Crippen molar-refractivity contribution < 1.29 is 9.90 Å². The lowest BCUT2D eigenvalue weighted by molar-refractivity contribution is -0.140. The number of carboxylic acids is 1. The molecule has 2 aromatic rings. The molecule has 0 aromatic heterocycles. The second-order valence-corrected chi connectivity index (χ2v) is 8.15. The lowest BCUT2D eigenvalue weighted by Crippen LogP contribution is -2.50. The monoisotopic (exact) mass is 416 g/mol. The van der Waals surface area contributed by atoms with E-state index in [-0.39, 0.29) is 24.0 Å². The number of nitrogens with zero attached hydrogens (tertiary/aromatic N) is 1. The van der Waals surface area contributed by atoms with Gasteiger partial charge in [-0.2, -0.15) is 0 Å². The Morgan fingerprint density at radius 2 is 1.62 bits per heavy atom. The molecule has 1 saturated carbocycles. The van der Waals surface area contributed by atoms with E-state index in [0.717, 1.165) is 32.1 Å². The van der Waals surface area contributed by atoms with E-state index >= 15 is 0 Å². The number of hydrogen-bond acceptors (Lipinski definition) is 3. The van der Waals surface area contributed by atoms with Crippen molar-refractivity contribution in [2.24, 2.45) is 0 Å². The van der Waals surface area contributed by atoms with Crippen LogP contribution < -0.4 is 5.32 Å². The fraction of sp³-hybridized carbons (Fsp3) is 0.458. The van der Waals surface area contributed by atoms with Gasteiger partial charge in [0.15, 0.2) is 0 Å². The molecule has 1 fully saturated rings. The van der Waals surface area contributed by atoms with Crippen LogP contribution in [0.1, 0.15) is 43.2 Å². The molecule has 1 aliphatic rings. The maximum Gasteiger partial charge on any atom is 0.320 e. The number of carbonyl (C=O) groups is 1. The summed E-state index contributed by atoms with van der Waals surface area (Å²) in [6.45, 7) is 0. The second-order valence-electron chi connectivity index (χ2n) is 8.15. The molecular formula is C24H33ClN2O2. The van der Waals surface area contributed by atoms with E-state index < -0.39 is 12.0 Å². The van der Waals surface area contributed by atoms with Gasteiger partial charge in [0.2, 0.25) is 0 Å². The van der Waals surface area contributed by atoms with E-state index in [2.05, 4.69) is 66.8 Å². The first-order valence-electron chi connectivity index (χ1n) is 10.3. The number of nitrogens with one attached hydrogen (secondary N) is 1. The quantitative estimate of drug-likeness (QED) is 0.666. The Morgan fingerprint density at radius 3 is 2.14 bits per heavy atom. The van der Waals surface area contributed by atoms with Crippen molar-refractivity contribution >= 4 is 18.4 Å². The van der Waals surface area contributed by atoms with Gasteiger partial charge in [-0.05, 0) is 63.7 Å². The average molecular weight is 417 g/mol. The smallest absolute Gasteiger partial charge is 0.320 e. The summed E-state index contributed by atoms with van der Waals surface area (Å²) in [4.78, 5) is 14.1. The van der Waals surface area contributed by atoms with E-state index in [1.165, 1.54) is 11.1 Å². The summed E-state index contributed by atoms with van der Waals surface area (Å²) in [6, 6.07) is 20.6. The molecule has 5 heteroatoms. The summed E-state index contributed by atoms with van der Waals surface area (Å²) in [5, 5.41) is 13.1. The Balaban J connectivity index is 0.00000300. The Kier molecular flexibility index (Phi) is 8.69. The number of halogens is 1. The van der Waals surface area contributed by atoms with Gasteiger partial charge in [0, 0.05) is 11.6 Å². The van der Waals surface area contributed by atoms with Crippen LogP contribution >= 0.6 is 12.4 Å². The molecule has 0 radical (unpaired) electrons. The van der Waals surface area contributed by atoms with Crippen LogP contribution in [0, 0.1) is 0 Å². The number of aryl methyl sites for hydroxylation is 1. The van der Waals surface area contributed by atoms with Crippen molar-refractivity contribution in [3.8, 4) is 0 Å². The van der Waals surface area contributed by atoms with E-state index in [0.29, 0.717) is 6.42 Å². The number of carboxylic acid groups (broad SMARTS) is 1. The largest absolute Gasteiger partial charge is 0.480 e. The highest BCUT2D eigenvalue weighted by atomic mass is 35.5. The van der Waals surface area contributed by atoms with Crippen molar-refractivity contribution in [1.29, 1.82) is 0 Å². The zero-order valence-electron chi connectivity index (χ0n) is 17.4. The van der Waals surface area contributed by atoms with E-state index in [9.17, 15) is 9.90 Å². The van der Waals surface area contributed by atoms with Gasteiger partial charge in [0.25, 0.3) is 0 Å². The standard InChI is InChI=1S/C24H32N2O2.ClH/c1-26(2)24(20-11-7-4-8-12-20)17-15-21(16-18-24)25-22(23(27)28)14-13-19-9-5-3-6-10-19;/h3-12,21-22,25H,13-18H2,1-2H3,(H,27,28);1H. The summed E-state index contributed by atoms with van der Waals surface area (Å²) in [5.74, 6) is -0.747. The summed E-state index contributed by atoms with van der Waals surface area (Å²) < 4.78 is 0. The Hall–Kier alpha value is -1.88. The predicted molar refractivity (Wildman–Crippen MR) is 121 cm³/mol. The minimum absolute atomic E-state index is 0. The Morgan fingerprint density at radius 1 is 1.07 bits per heavy atom. The van der Waals surface area contributed by atoms with Crippen molar-refractivity contribution in [2.75, 3.05) is 14.1 Å². The highest BCUT2D eigenvalue weighted by molar-refractivity contribution is 5.85. The number of benzene rings is 2. The number of rotatable bonds is 8. The van der Waals surface area contributed by atoms with Crippen molar-refractivity contribution in [3.63, 3.8) is 0 Å². The summed E-state index contributed by atoms with van der Waals surface area (Å²) >= 11 is 0. The molecule has 4 nitrogen and oxygen atoms in total. The molecule has 0 aliphatic heterocycles. The van der Waals surface area contributed by atoms with Gasteiger partial charge >= 0.3 is 5.97 Å². The van der Waals surface area contributed by atoms with Crippen molar-refractivity contribution in [3.05, 3.63) is 71.8 Å².